The Bertz CT molecular complexity index is 1410. The largest absolute Gasteiger partial charge is 0.493 e. The molecule has 0 saturated carbocycles. The third kappa shape index (κ3) is 5.49. The van der Waals surface area contributed by atoms with Crippen LogP contribution in [0.15, 0.2) is 67.0 Å². The average molecular weight is 480 g/mol. The van der Waals surface area contributed by atoms with Gasteiger partial charge >= 0.3 is 11.9 Å². The molecular formula is C25H20O10. The van der Waals surface area contributed by atoms with E-state index in [0.29, 0.717) is 24.7 Å². The first-order chi connectivity index (χ1) is 16.8. The lowest BCUT2D eigenvalue weighted by Crippen LogP contribution is -2.07. The van der Waals surface area contributed by atoms with Gasteiger partial charge in [0.1, 0.15) is 22.7 Å². The molecule has 0 unspecified atom stereocenters. The lowest BCUT2D eigenvalue weighted by molar-refractivity contribution is 0.0653. The van der Waals surface area contributed by atoms with Gasteiger partial charge in [0, 0.05) is 24.3 Å². The van der Waals surface area contributed by atoms with Crippen LogP contribution in [0.25, 0.3) is 21.9 Å². The molecule has 4 rings (SSSR count). The molecule has 0 bridgehead atoms. The molecule has 10 nitrogen and oxygen atoms in total. The fourth-order valence-corrected chi connectivity index (χ4v) is 3.42. The highest BCUT2D eigenvalue weighted by atomic mass is 16.5. The summed E-state index contributed by atoms with van der Waals surface area (Å²) in [6, 6.07) is 11.2. The van der Waals surface area contributed by atoms with Crippen LogP contribution in [0, 0.1) is 0 Å². The molecule has 0 fully saturated rings. The van der Waals surface area contributed by atoms with Crippen molar-refractivity contribution in [1.82, 2.24) is 0 Å². The van der Waals surface area contributed by atoms with E-state index >= 15 is 0 Å². The summed E-state index contributed by atoms with van der Waals surface area (Å²) in [6.45, 7) is 0.793. The molecule has 180 valence electrons. The van der Waals surface area contributed by atoms with Gasteiger partial charge in [-0.2, -0.15) is 0 Å². The summed E-state index contributed by atoms with van der Waals surface area (Å²) in [5.41, 5.74) is -0.595. The molecule has 0 saturated heterocycles. The van der Waals surface area contributed by atoms with Gasteiger partial charge in [0.2, 0.25) is 11.5 Å². The van der Waals surface area contributed by atoms with Crippen molar-refractivity contribution in [2.75, 3.05) is 13.2 Å². The van der Waals surface area contributed by atoms with Gasteiger partial charge in [-0.05, 0) is 43.5 Å². The Balaban J connectivity index is 1.25. The molecule has 0 amide bonds. The minimum absolute atomic E-state index is 0.141. The smallest absolute Gasteiger partial charge is 0.371 e. The number of carboxylic acid groups (broad SMARTS) is 2. The summed E-state index contributed by atoms with van der Waals surface area (Å²) in [5, 5.41) is 18.6. The van der Waals surface area contributed by atoms with E-state index in [1.165, 1.54) is 24.3 Å². The molecule has 0 aliphatic rings. The molecule has 35 heavy (non-hydrogen) atoms. The minimum Gasteiger partial charge on any atom is -0.493 e. The number of carbonyl (C=O) groups is 2. The molecule has 0 radical (unpaired) electrons. The van der Waals surface area contributed by atoms with Crippen LogP contribution in [0.5, 0.6) is 11.5 Å². The number of carboxylic acids is 2. The van der Waals surface area contributed by atoms with Crippen LogP contribution >= 0.6 is 0 Å². The molecule has 4 aromatic rings. The molecular weight excluding hydrogens is 460 g/mol. The normalized spacial score (nSPS) is 11.0. The van der Waals surface area contributed by atoms with E-state index in [0.717, 1.165) is 31.4 Å². The number of hydrogen-bond acceptors (Lipinski definition) is 8. The topological polar surface area (TPSA) is 153 Å². The van der Waals surface area contributed by atoms with Crippen molar-refractivity contribution in [2.45, 2.75) is 19.3 Å². The molecule has 0 spiro atoms. The Morgan fingerprint density at radius 3 is 1.49 bits per heavy atom. The summed E-state index contributed by atoms with van der Waals surface area (Å²) in [7, 11) is 0. The van der Waals surface area contributed by atoms with E-state index in [-0.39, 0.29) is 21.9 Å². The van der Waals surface area contributed by atoms with Crippen LogP contribution < -0.4 is 20.3 Å². The maximum absolute atomic E-state index is 12.0. The number of aromatic carboxylic acids is 2. The van der Waals surface area contributed by atoms with Crippen LogP contribution in [0.3, 0.4) is 0 Å². The average Bonchev–Trinajstić information content (AvgIpc) is 2.82. The lowest BCUT2D eigenvalue weighted by Gasteiger charge is -2.09. The number of rotatable bonds is 10. The summed E-state index contributed by atoms with van der Waals surface area (Å²) < 4.78 is 21.8. The molecule has 2 aromatic heterocycles. The van der Waals surface area contributed by atoms with Crippen molar-refractivity contribution < 1.29 is 38.1 Å². The van der Waals surface area contributed by atoms with Crippen LogP contribution in [0.4, 0.5) is 0 Å². The van der Waals surface area contributed by atoms with E-state index in [2.05, 4.69) is 0 Å². The van der Waals surface area contributed by atoms with E-state index in [4.69, 9.17) is 28.5 Å². The first kappa shape index (κ1) is 23.6. The van der Waals surface area contributed by atoms with Gasteiger partial charge in [-0.3, -0.25) is 9.59 Å². The van der Waals surface area contributed by atoms with Crippen molar-refractivity contribution in [1.29, 1.82) is 0 Å². The summed E-state index contributed by atoms with van der Waals surface area (Å²) in [5.74, 6) is -2.60. The summed E-state index contributed by atoms with van der Waals surface area (Å²) in [6.07, 6.45) is 2.22. The second-order valence-corrected chi connectivity index (χ2v) is 7.63. The third-order valence-corrected chi connectivity index (χ3v) is 5.15. The highest BCUT2D eigenvalue weighted by molar-refractivity contribution is 5.88. The maximum atomic E-state index is 12.0. The van der Waals surface area contributed by atoms with E-state index in [9.17, 15) is 19.2 Å². The Hall–Kier alpha value is -4.60. The number of hydrogen-bond donors (Lipinski definition) is 2. The van der Waals surface area contributed by atoms with Gasteiger partial charge in [0.15, 0.2) is 10.9 Å². The lowest BCUT2D eigenvalue weighted by atomic mass is 10.2. The van der Waals surface area contributed by atoms with Crippen molar-refractivity contribution in [3.8, 4) is 11.5 Å². The Kier molecular flexibility index (Phi) is 6.81. The Labute approximate surface area is 196 Å². The highest BCUT2D eigenvalue weighted by Gasteiger charge is 2.12. The van der Waals surface area contributed by atoms with Crippen molar-refractivity contribution in [3.63, 3.8) is 0 Å². The number of benzene rings is 2. The fraction of sp³-hybridized carbons (Fsp3) is 0.200. The van der Waals surface area contributed by atoms with Gasteiger partial charge in [-0.15, -0.1) is 0 Å². The van der Waals surface area contributed by atoms with E-state index in [1.54, 1.807) is 12.1 Å². The number of unbranched alkanes of at least 4 members (excludes halogenated alkanes) is 2. The van der Waals surface area contributed by atoms with E-state index in [1.807, 2.05) is 0 Å². The maximum Gasteiger partial charge on any atom is 0.371 e. The molecule has 0 aliphatic heterocycles. The highest BCUT2D eigenvalue weighted by Crippen LogP contribution is 2.21. The Morgan fingerprint density at radius 1 is 0.657 bits per heavy atom. The van der Waals surface area contributed by atoms with Gasteiger partial charge in [0.25, 0.3) is 0 Å². The molecule has 10 heteroatoms. The van der Waals surface area contributed by atoms with Crippen molar-refractivity contribution >= 4 is 33.9 Å². The van der Waals surface area contributed by atoms with Crippen molar-refractivity contribution in [3.05, 3.63) is 80.5 Å². The predicted molar refractivity (Wildman–Crippen MR) is 124 cm³/mol. The quantitative estimate of drug-likeness (QED) is 0.319. The summed E-state index contributed by atoms with van der Waals surface area (Å²) >= 11 is 0. The van der Waals surface area contributed by atoms with Gasteiger partial charge in [-0.1, -0.05) is 0 Å². The second kappa shape index (κ2) is 10.1. The second-order valence-electron chi connectivity index (χ2n) is 7.63. The zero-order valence-corrected chi connectivity index (χ0v) is 18.3. The van der Waals surface area contributed by atoms with Crippen LogP contribution in [-0.2, 0) is 0 Å². The van der Waals surface area contributed by atoms with Gasteiger partial charge < -0.3 is 28.5 Å². The van der Waals surface area contributed by atoms with Gasteiger partial charge in [0.05, 0.1) is 24.0 Å². The van der Waals surface area contributed by atoms with Crippen molar-refractivity contribution in [2.24, 2.45) is 0 Å². The van der Waals surface area contributed by atoms with Crippen LogP contribution in [-0.4, -0.2) is 35.4 Å². The third-order valence-electron chi connectivity index (χ3n) is 5.15. The molecule has 0 aliphatic carbocycles. The number of ether oxygens (including phenoxy) is 2. The monoisotopic (exact) mass is 480 g/mol. The SMILES string of the molecule is O=C(O)c1cc(=O)c2ccc(OCCCCCOc3ccc4c(=O)cc(C(=O)O)oc4c3)cc2o1. The molecule has 2 heterocycles. The number of fused-ring (bicyclic) bond motifs is 2. The Morgan fingerprint density at radius 2 is 1.09 bits per heavy atom. The minimum atomic E-state index is -1.32. The molecule has 2 N–H and O–H groups in total. The summed E-state index contributed by atoms with van der Waals surface area (Å²) in [4.78, 5) is 46.1. The first-order valence-corrected chi connectivity index (χ1v) is 10.7. The van der Waals surface area contributed by atoms with Crippen LogP contribution in [0.1, 0.15) is 40.4 Å². The zero-order chi connectivity index (χ0) is 24.9. The molecule has 2 aromatic carbocycles. The standard InChI is InChI=1S/C25H20O10/c26-18-12-22(24(28)29)34-20-10-14(4-6-16(18)20)32-8-2-1-3-9-33-15-5-7-17-19(27)13-23(25(30)31)35-21(17)11-15/h4-7,10-13H,1-3,8-9H2,(H,28,29)(H,30,31). The van der Waals surface area contributed by atoms with Gasteiger partial charge in [-0.25, -0.2) is 9.59 Å². The fourth-order valence-electron chi connectivity index (χ4n) is 3.42. The van der Waals surface area contributed by atoms with Crippen LogP contribution in [0.2, 0.25) is 0 Å². The predicted octanol–water partition coefficient (Wildman–Crippen LogP) is 3.92. The zero-order valence-electron chi connectivity index (χ0n) is 18.3. The molecule has 0 atom stereocenters. The first-order valence-electron chi connectivity index (χ1n) is 10.7. The van der Waals surface area contributed by atoms with E-state index < -0.39 is 34.3 Å².